The Hall–Kier alpha value is -1.27. The van der Waals surface area contributed by atoms with Gasteiger partial charge in [-0.3, -0.25) is 4.98 Å². The monoisotopic (exact) mass is 264 g/mol. The molecule has 0 amide bonds. The van der Waals surface area contributed by atoms with Crippen molar-refractivity contribution in [2.24, 2.45) is 5.73 Å². The molecule has 1 aromatic rings. The lowest BCUT2D eigenvalue weighted by molar-refractivity contribution is -0.174. The zero-order valence-corrected chi connectivity index (χ0v) is 9.75. The van der Waals surface area contributed by atoms with Crippen molar-refractivity contribution >= 4 is 17.6 Å². The van der Waals surface area contributed by atoms with Crippen LogP contribution in [0.15, 0.2) is 18.5 Å². The average molecular weight is 265 g/mol. The van der Waals surface area contributed by atoms with E-state index in [1.54, 1.807) is 0 Å². The van der Waals surface area contributed by atoms with Gasteiger partial charge in [0.25, 0.3) is 0 Å². The van der Waals surface area contributed by atoms with Crippen molar-refractivity contribution in [2.75, 3.05) is 6.61 Å². The molecule has 4 nitrogen and oxygen atoms in total. The van der Waals surface area contributed by atoms with E-state index in [1.165, 1.54) is 25.4 Å². The number of carbonyl (C=O) groups is 1. The molecule has 94 valence electrons. The van der Waals surface area contributed by atoms with Gasteiger partial charge in [0.05, 0.1) is 11.6 Å². The van der Waals surface area contributed by atoms with Gasteiger partial charge in [-0.15, -0.1) is 0 Å². The summed E-state index contributed by atoms with van der Waals surface area (Å²) in [5.41, 5.74) is 5.29. The highest BCUT2D eigenvalue weighted by Crippen LogP contribution is 2.33. The summed E-state index contributed by atoms with van der Waals surface area (Å²) in [6, 6.07) is -0.628. The van der Waals surface area contributed by atoms with Crippen LogP contribution in [0.1, 0.15) is 18.5 Å². The van der Waals surface area contributed by atoms with Gasteiger partial charge >= 0.3 is 11.9 Å². The quantitative estimate of drug-likeness (QED) is 0.844. The SMILES string of the molecule is CCOC(=O)C(F)(F)[C@@H](N)c1ccncc1Cl. The molecule has 1 heterocycles. The van der Waals surface area contributed by atoms with Crippen LogP contribution in [-0.2, 0) is 9.53 Å². The van der Waals surface area contributed by atoms with Crippen LogP contribution in [0.2, 0.25) is 5.02 Å². The molecule has 0 saturated heterocycles. The third-order valence-electron chi connectivity index (χ3n) is 2.08. The van der Waals surface area contributed by atoms with E-state index in [2.05, 4.69) is 9.72 Å². The maximum absolute atomic E-state index is 13.6. The van der Waals surface area contributed by atoms with Crippen LogP contribution in [0.4, 0.5) is 8.78 Å². The highest BCUT2D eigenvalue weighted by atomic mass is 35.5. The summed E-state index contributed by atoms with van der Waals surface area (Å²) < 4.78 is 31.4. The Morgan fingerprint density at radius 2 is 2.35 bits per heavy atom. The number of carbonyl (C=O) groups excluding carboxylic acids is 1. The minimum Gasteiger partial charge on any atom is -0.462 e. The maximum atomic E-state index is 13.6. The molecule has 0 fully saturated rings. The van der Waals surface area contributed by atoms with Crippen molar-refractivity contribution in [3.63, 3.8) is 0 Å². The van der Waals surface area contributed by atoms with Gasteiger partial charge in [-0.05, 0) is 18.6 Å². The molecule has 17 heavy (non-hydrogen) atoms. The third-order valence-corrected chi connectivity index (χ3v) is 2.39. The number of ether oxygens (including phenoxy) is 1. The van der Waals surface area contributed by atoms with Gasteiger partial charge in [0, 0.05) is 12.4 Å². The lowest BCUT2D eigenvalue weighted by Gasteiger charge is -2.22. The number of rotatable bonds is 4. The van der Waals surface area contributed by atoms with Gasteiger partial charge in [-0.2, -0.15) is 8.78 Å². The fraction of sp³-hybridized carbons (Fsp3) is 0.400. The van der Waals surface area contributed by atoms with Crippen LogP contribution in [-0.4, -0.2) is 23.5 Å². The molecule has 0 aliphatic heterocycles. The Morgan fingerprint density at radius 3 is 2.88 bits per heavy atom. The minimum absolute atomic E-state index is 0.0241. The molecule has 0 bridgehead atoms. The zero-order chi connectivity index (χ0) is 13.1. The fourth-order valence-corrected chi connectivity index (χ4v) is 1.42. The smallest absolute Gasteiger partial charge is 0.379 e. The maximum Gasteiger partial charge on any atom is 0.379 e. The van der Waals surface area contributed by atoms with Crippen molar-refractivity contribution in [2.45, 2.75) is 18.9 Å². The van der Waals surface area contributed by atoms with Crippen molar-refractivity contribution in [1.82, 2.24) is 4.98 Å². The van der Waals surface area contributed by atoms with E-state index in [-0.39, 0.29) is 17.2 Å². The Kier molecular flexibility index (Phi) is 4.36. The lowest BCUT2D eigenvalue weighted by Crippen LogP contribution is -2.41. The van der Waals surface area contributed by atoms with Crippen LogP contribution < -0.4 is 5.73 Å². The van der Waals surface area contributed by atoms with E-state index >= 15 is 0 Å². The van der Waals surface area contributed by atoms with Gasteiger partial charge < -0.3 is 10.5 Å². The molecule has 2 N–H and O–H groups in total. The van der Waals surface area contributed by atoms with E-state index < -0.39 is 17.9 Å². The van der Waals surface area contributed by atoms with E-state index in [9.17, 15) is 13.6 Å². The average Bonchev–Trinajstić information content (AvgIpc) is 2.29. The Balaban J connectivity index is 3.00. The minimum atomic E-state index is -3.83. The predicted octanol–water partition coefficient (Wildman–Crippen LogP) is 1.93. The first kappa shape index (κ1) is 13.8. The molecule has 0 saturated carbocycles. The van der Waals surface area contributed by atoms with Crippen LogP contribution >= 0.6 is 11.6 Å². The fourth-order valence-electron chi connectivity index (χ4n) is 1.19. The van der Waals surface area contributed by atoms with Crippen LogP contribution in [0.5, 0.6) is 0 Å². The molecule has 0 radical (unpaired) electrons. The van der Waals surface area contributed by atoms with Crippen molar-refractivity contribution in [3.8, 4) is 0 Å². The second kappa shape index (κ2) is 5.37. The number of aromatic nitrogens is 1. The summed E-state index contributed by atoms with van der Waals surface area (Å²) in [7, 11) is 0. The number of alkyl halides is 2. The van der Waals surface area contributed by atoms with Crippen molar-refractivity contribution < 1.29 is 18.3 Å². The first-order valence-electron chi connectivity index (χ1n) is 4.81. The van der Waals surface area contributed by atoms with Gasteiger partial charge in [0.15, 0.2) is 0 Å². The van der Waals surface area contributed by atoms with Gasteiger partial charge in [-0.1, -0.05) is 11.6 Å². The molecular weight excluding hydrogens is 254 g/mol. The van der Waals surface area contributed by atoms with Crippen LogP contribution in [0.3, 0.4) is 0 Å². The molecule has 0 aliphatic carbocycles. The van der Waals surface area contributed by atoms with Gasteiger partial charge in [0.1, 0.15) is 6.04 Å². The number of nitrogens with zero attached hydrogens (tertiary/aromatic N) is 1. The molecule has 1 rings (SSSR count). The Labute approximate surface area is 102 Å². The molecule has 1 atom stereocenters. The number of pyridine rings is 1. The largest absolute Gasteiger partial charge is 0.462 e. The van der Waals surface area contributed by atoms with E-state index in [0.717, 1.165) is 0 Å². The summed E-state index contributed by atoms with van der Waals surface area (Å²) in [5.74, 6) is -5.50. The summed E-state index contributed by atoms with van der Waals surface area (Å²) in [4.78, 5) is 14.7. The molecule has 7 heteroatoms. The van der Waals surface area contributed by atoms with Crippen molar-refractivity contribution in [3.05, 3.63) is 29.0 Å². The van der Waals surface area contributed by atoms with Gasteiger partial charge in [-0.25, -0.2) is 4.79 Å². The number of hydrogen-bond acceptors (Lipinski definition) is 4. The van der Waals surface area contributed by atoms with E-state index in [4.69, 9.17) is 17.3 Å². The Morgan fingerprint density at radius 1 is 1.71 bits per heavy atom. The molecule has 0 aromatic carbocycles. The van der Waals surface area contributed by atoms with Crippen LogP contribution in [0.25, 0.3) is 0 Å². The molecular formula is C10H11ClF2N2O2. The second-order valence-electron chi connectivity index (χ2n) is 3.22. The number of esters is 1. The third kappa shape index (κ3) is 2.89. The number of hydrogen-bond donors (Lipinski definition) is 1. The number of halogens is 3. The van der Waals surface area contributed by atoms with Crippen LogP contribution in [0, 0.1) is 0 Å². The first-order valence-corrected chi connectivity index (χ1v) is 5.19. The van der Waals surface area contributed by atoms with Crippen molar-refractivity contribution in [1.29, 1.82) is 0 Å². The Bertz CT molecular complexity index is 415. The second-order valence-corrected chi connectivity index (χ2v) is 3.63. The summed E-state index contributed by atoms with van der Waals surface area (Å²) in [6.07, 6.45) is 2.44. The normalized spacial score (nSPS) is 13.2. The molecule has 0 unspecified atom stereocenters. The first-order chi connectivity index (χ1) is 7.91. The predicted molar refractivity (Wildman–Crippen MR) is 57.8 cm³/mol. The van der Waals surface area contributed by atoms with Gasteiger partial charge in [0.2, 0.25) is 0 Å². The highest BCUT2D eigenvalue weighted by molar-refractivity contribution is 6.31. The topological polar surface area (TPSA) is 65.2 Å². The van der Waals surface area contributed by atoms with E-state index in [1.807, 2.05) is 0 Å². The summed E-state index contributed by atoms with van der Waals surface area (Å²) >= 11 is 5.68. The van der Waals surface area contributed by atoms with E-state index in [0.29, 0.717) is 0 Å². The standard InChI is InChI=1S/C10H11ClF2N2O2/c1-2-17-9(16)10(12,13)8(14)6-3-4-15-5-7(6)11/h3-5,8H,2,14H2,1H3/t8-/m0/s1. The molecule has 1 aromatic heterocycles. The molecule has 0 aliphatic rings. The molecule has 0 spiro atoms. The summed E-state index contributed by atoms with van der Waals surface area (Å²) in [5, 5.41) is -0.0241. The summed E-state index contributed by atoms with van der Waals surface area (Å²) in [6.45, 7) is 1.28. The number of nitrogens with two attached hydrogens (primary N) is 1. The zero-order valence-electron chi connectivity index (χ0n) is 8.99. The lowest BCUT2D eigenvalue weighted by atomic mass is 10.0. The highest BCUT2D eigenvalue weighted by Gasteiger charge is 2.48.